The van der Waals surface area contributed by atoms with E-state index < -0.39 is 0 Å². The zero-order valence-electron chi connectivity index (χ0n) is 14.7. The highest BCUT2D eigenvalue weighted by Gasteiger charge is 2.43. The molecule has 1 aromatic carbocycles. The van der Waals surface area contributed by atoms with Gasteiger partial charge in [0.05, 0.1) is 0 Å². The van der Waals surface area contributed by atoms with Crippen LogP contribution in [0.25, 0.3) is 0 Å². The lowest BCUT2D eigenvalue weighted by Crippen LogP contribution is -2.42. The molecular weight excluding hydrogens is 314 g/mol. The molecule has 0 saturated carbocycles. The Morgan fingerprint density at radius 1 is 1.32 bits per heavy atom. The lowest BCUT2D eigenvalue weighted by molar-refractivity contribution is -0.142. The van der Waals surface area contributed by atoms with Crippen molar-refractivity contribution in [1.82, 2.24) is 14.7 Å². The lowest BCUT2D eigenvalue weighted by Gasteiger charge is -2.27. The SMILES string of the molecule is CC1(c2ccccc2)CCN(C(=O)[C@@H]2OCC[C@@H]2Cn2cccn2)C1. The minimum atomic E-state index is -0.331. The van der Waals surface area contributed by atoms with Gasteiger partial charge in [-0.25, -0.2) is 0 Å². The van der Waals surface area contributed by atoms with Crippen LogP contribution in [0.1, 0.15) is 25.3 Å². The van der Waals surface area contributed by atoms with E-state index in [1.807, 2.05) is 27.9 Å². The van der Waals surface area contributed by atoms with E-state index in [9.17, 15) is 4.79 Å². The van der Waals surface area contributed by atoms with E-state index in [2.05, 4.69) is 36.3 Å². The van der Waals surface area contributed by atoms with Crippen molar-refractivity contribution in [3.63, 3.8) is 0 Å². The number of amides is 1. The summed E-state index contributed by atoms with van der Waals surface area (Å²) in [6.45, 7) is 5.23. The quantitative estimate of drug-likeness (QED) is 0.860. The van der Waals surface area contributed by atoms with E-state index >= 15 is 0 Å². The fourth-order valence-corrected chi connectivity index (χ4v) is 4.15. The van der Waals surface area contributed by atoms with Crippen LogP contribution in [0.15, 0.2) is 48.8 Å². The van der Waals surface area contributed by atoms with Gasteiger partial charge < -0.3 is 9.64 Å². The molecular formula is C20H25N3O2. The number of benzene rings is 1. The summed E-state index contributed by atoms with van der Waals surface area (Å²) in [5, 5.41) is 4.27. The summed E-state index contributed by atoms with van der Waals surface area (Å²) in [7, 11) is 0. The minimum absolute atomic E-state index is 0.0347. The van der Waals surface area contributed by atoms with Crippen molar-refractivity contribution in [2.45, 2.75) is 37.8 Å². The van der Waals surface area contributed by atoms with Crippen LogP contribution in [0, 0.1) is 5.92 Å². The van der Waals surface area contributed by atoms with Crippen molar-refractivity contribution in [2.24, 2.45) is 5.92 Å². The first-order chi connectivity index (χ1) is 12.2. The van der Waals surface area contributed by atoms with Gasteiger partial charge in [0, 0.05) is 50.0 Å². The molecule has 3 heterocycles. The van der Waals surface area contributed by atoms with Crippen LogP contribution < -0.4 is 0 Å². The van der Waals surface area contributed by atoms with E-state index in [-0.39, 0.29) is 23.3 Å². The molecule has 2 aromatic rings. The molecule has 25 heavy (non-hydrogen) atoms. The second kappa shape index (κ2) is 6.64. The minimum Gasteiger partial charge on any atom is -0.368 e. The second-order valence-electron chi connectivity index (χ2n) is 7.50. The van der Waals surface area contributed by atoms with E-state index in [1.54, 1.807) is 6.20 Å². The Kier molecular flexibility index (Phi) is 4.34. The summed E-state index contributed by atoms with van der Waals surface area (Å²) >= 11 is 0. The smallest absolute Gasteiger partial charge is 0.252 e. The van der Waals surface area contributed by atoms with Crippen LogP contribution in [0.5, 0.6) is 0 Å². The molecule has 132 valence electrons. The van der Waals surface area contributed by atoms with E-state index in [0.717, 1.165) is 32.5 Å². The topological polar surface area (TPSA) is 47.4 Å². The third-order valence-corrected chi connectivity index (χ3v) is 5.69. The molecule has 0 N–H and O–H groups in total. The van der Waals surface area contributed by atoms with E-state index in [4.69, 9.17) is 4.74 Å². The Hall–Kier alpha value is -2.14. The number of carbonyl (C=O) groups excluding carboxylic acids is 1. The number of likely N-dealkylation sites (tertiary alicyclic amines) is 1. The van der Waals surface area contributed by atoms with Gasteiger partial charge in [-0.15, -0.1) is 0 Å². The fraction of sp³-hybridized carbons (Fsp3) is 0.500. The number of hydrogen-bond acceptors (Lipinski definition) is 3. The molecule has 2 fully saturated rings. The van der Waals surface area contributed by atoms with Crippen LogP contribution >= 0.6 is 0 Å². The first-order valence-corrected chi connectivity index (χ1v) is 9.09. The monoisotopic (exact) mass is 339 g/mol. The fourth-order valence-electron chi connectivity index (χ4n) is 4.15. The van der Waals surface area contributed by atoms with Crippen LogP contribution in [-0.4, -0.2) is 46.4 Å². The second-order valence-corrected chi connectivity index (χ2v) is 7.50. The third-order valence-electron chi connectivity index (χ3n) is 5.69. The van der Waals surface area contributed by atoms with Crippen molar-refractivity contribution in [3.8, 4) is 0 Å². The van der Waals surface area contributed by atoms with Crippen LogP contribution in [-0.2, 0) is 21.5 Å². The molecule has 0 spiro atoms. The highest BCUT2D eigenvalue weighted by atomic mass is 16.5. The van der Waals surface area contributed by atoms with Gasteiger partial charge in [-0.2, -0.15) is 5.10 Å². The van der Waals surface area contributed by atoms with E-state index in [1.165, 1.54) is 5.56 Å². The number of aromatic nitrogens is 2. The molecule has 5 nitrogen and oxygen atoms in total. The van der Waals surface area contributed by atoms with Crippen molar-refractivity contribution >= 4 is 5.91 Å². The number of rotatable bonds is 4. The molecule has 1 amide bonds. The molecule has 5 heteroatoms. The first kappa shape index (κ1) is 16.3. The average molecular weight is 339 g/mol. The van der Waals surface area contributed by atoms with E-state index in [0.29, 0.717) is 6.61 Å². The average Bonchev–Trinajstić information content (AvgIpc) is 3.37. The molecule has 4 rings (SSSR count). The van der Waals surface area contributed by atoms with Crippen molar-refractivity contribution < 1.29 is 9.53 Å². The standard InChI is InChI=1S/C20H25N3O2/c1-20(17-6-3-2-4-7-17)9-12-22(15-20)19(24)18-16(8-13-25-18)14-23-11-5-10-21-23/h2-7,10-11,16,18H,8-9,12-15H2,1H3/t16-,18-,20?/m1/s1. The largest absolute Gasteiger partial charge is 0.368 e. The van der Waals surface area contributed by atoms with Crippen LogP contribution in [0.4, 0.5) is 0 Å². The highest BCUT2D eigenvalue weighted by molar-refractivity contribution is 5.82. The van der Waals surface area contributed by atoms with Gasteiger partial charge in [0.2, 0.25) is 0 Å². The molecule has 1 aromatic heterocycles. The van der Waals surface area contributed by atoms with Crippen LogP contribution in [0.3, 0.4) is 0 Å². The number of ether oxygens (including phenoxy) is 1. The molecule has 0 aliphatic carbocycles. The Bertz CT molecular complexity index is 716. The summed E-state index contributed by atoms with van der Waals surface area (Å²) in [6, 6.07) is 12.4. The number of hydrogen-bond donors (Lipinski definition) is 0. The molecule has 0 radical (unpaired) electrons. The zero-order chi connectivity index (χ0) is 17.3. The van der Waals surface area contributed by atoms with Crippen molar-refractivity contribution in [3.05, 3.63) is 54.4 Å². The van der Waals surface area contributed by atoms with Crippen molar-refractivity contribution in [2.75, 3.05) is 19.7 Å². The summed E-state index contributed by atoms with van der Waals surface area (Å²) in [5.41, 5.74) is 1.35. The van der Waals surface area contributed by atoms with Gasteiger partial charge >= 0.3 is 0 Å². The molecule has 2 aliphatic rings. The molecule has 3 atom stereocenters. The highest BCUT2D eigenvalue weighted by Crippen LogP contribution is 2.35. The van der Waals surface area contributed by atoms with Gasteiger partial charge in [0.15, 0.2) is 0 Å². The maximum absolute atomic E-state index is 13.1. The molecule has 1 unspecified atom stereocenters. The molecule has 2 saturated heterocycles. The molecule has 0 bridgehead atoms. The summed E-state index contributed by atoms with van der Waals surface area (Å²) < 4.78 is 7.73. The van der Waals surface area contributed by atoms with Crippen LogP contribution in [0.2, 0.25) is 0 Å². The summed E-state index contributed by atoms with van der Waals surface area (Å²) in [4.78, 5) is 15.1. The lowest BCUT2D eigenvalue weighted by atomic mass is 9.82. The van der Waals surface area contributed by atoms with Gasteiger partial charge in [-0.1, -0.05) is 37.3 Å². The summed E-state index contributed by atoms with van der Waals surface area (Å²) in [6.07, 6.45) is 5.31. The predicted octanol–water partition coefficient (Wildman–Crippen LogP) is 2.48. The van der Waals surface area contributed by atoms with Gasteiger partial charge in [-0.3, -0.25) is 9.48 Å². The third kappa shape index (κ3) is 3.21. The first-order valence-electron chi connectivity index (χ1n) is 9.09. The van der Waals surface area contributed by atoms with Gasteiger partial charge in [-0.05, 0) is 24.5 Å². The molecule has 2 aliphatic heterocycles. The van der Waals surface area contributed by atoms with Crippen molar-refractivity contribution in [1.29, 1.82) is 0 Å². The maximum Gasteiger partial charge on any atom is 0.252 e. The Morgan fingerprint density at radius 2 is 2.16 bits per heavy atom. The van der Waals surface area contributed by atoms with Gasteiger partial charge in [0.1, 0.15) is 6.10 Å². The summed E-state index contributed by atoms with van der Waals surface area (Å²) in [5.74, 6) is 0.352. The predicted molar refractivity (Wildman–Crippen MR) is 95.1 cm³/mol. The zero-order valence-corrected chi connectivity index (χ0v) is 14.7. The Labute approximate surface area is 148 Å². The Balaban J connectivity index is 1.44. The number of carbonyl (C=O) groups is 1. The Morgan fingerprint density at radius 3 is 2.92 bits per heavy atom. The normalized spacial score (nSPS) is 29.2. The number of nitrogens with zero attached hydrogens (tertiary/aromatic N) is 3. The maximum atomic E-state index is 13.1. The van der Waals surface area contributed by atoms with Gasteiger partial charge in [0.25, 0.3) is 5.91 Å².